The monoisotopic (exact) mass is 293 g/mol. The third-order valence-corrected chi connectivity index (χ3v) is 2.54. The Morgan fingerprint density at radius 3 is 2.33 bits per heavy atom. The van der Waals surface area contributed by atoms with Gasteiger partial charge in [0, 0.05) is 24.8 Å². The van der Waals surface area contributed by atoms with Crippen molar-refractivity contribution in [2.75, 3.05) is 23.7 Å². The highest BCUT2D eigenvalue weighted by Crippen LogP contribution is 2.15. The summed E-state index contributed by atoms with van der Waals surface area (Å²) in [4.78, 5) is 35.0. The van der Waals surface area contributed by atoms with E-state index in [1.165, 1.54) is 11.8 Å². The van der Waals surface area contributed by atoms with Crippen LogP contribution in [0.15, 0.2) is 24.3 Å². The molecule has 0 atom stereocenters. The van der Waals surface area contributed by atoms with E-state index >= 15 is 0 Å². The molecule has 0 fully saturated rings. The van der Waals surface area contributed by atoms with Gasteiger partial charge in [0.05, 0.1) is 0 Å². The zero-order chi connectivity index (χ0) is 15.8. The van der Waals surface area contributed by atoms with E-state index in [-0.39, 0.29) is 12.5 Å². The molecule has 7 heteroatoms. The molecule has 0 unspecified atom stereocenters. The molecule has 114 valence electrons. The van der Waals surface area contributed by atoms with Gasteiger partial charge >= 0.3 is 12.0 Å². The van der Waals surface area contributed by atoms with Crippen molar-refractivity contribution in [3.8, 4) is 0 Å². The number of carbonyl (C=O) groups excluding carboxylic acids is 2. The van der Waals surface area contributed by atoms with E-state index in [1.807, 2.05) is 6.92 Å². The molecule has 1 aromatic rings. The van der Waals surface area contributed by atoms with Crippen LogP contribution in [0, 0.1) is 0 Å². The van der Waals surface area contributed by atoms with Crippen LogP contribution in [-0.2, 0) is 9.59 Å². The molecule has 0 spiro atoms. The topological polar surface area (TPSA) is 98.7 Å². The summed E-state index contributed by atoms with van der Waals surface area (Å²) in [6.07, 6.45) is 0.659. The fourth-order valence-electron chi connectivity index (χ4n) is 1.77. The smallest absolute Gasteiger partial charge is 0.323 e. The highest BCUT2D eigenvalue weighted by Gasteiger charge is 2.15. The second-order valence-electron chi connectivity index (χ2n) is 4.51. The fourth-order valence-corrected chi connectivity index (χ4v) is 1.77. The third-order valence-electron chi connectivity index (χ3n) is 2.54. The number of carboxylic acids is 1. The van der Waals surface area contributed by atoms with E-state index in [4.69, 9.17) is 5.11 Å². The first-order valence-electron chi connectivity index (χ1n) is 6.57. The van der Waals surface area contributed by atoms with Gasteiger partial charge in [0.1, 0.15) is 6.54 Å². The van der Waals surface area contributed by atoms with Gasteiger partial charge in [0.25, 0.3) is 0 Å². The van der Waals surface area contributed by atoms with E-state index < -0.39 is 12.0 Å². The van der Waals surface area contributed by atoms with Gasteiger partial charge < -0.3 is 20.6 Å². The van der Waals surface area contributed by atoms with Gasteiger partial charge in [0.15, 0.2) is 0 Å². The lowest BCUT2D eigenvalue weighted by Gasteiger charge is -2.20. The Bertz CT molecular complexity index is 531. The summed E-state index contributed by atoms with van der Waals surface area (Å²) in [7, 11) is 0. The molecule has 7 nitrogen and oxygen atoms in total. The van der Waals surface area contributed by atoms with E-state index in [0.717, 1.165) is 0 Å². The van der Waals surface area contributed by atoms with Crippen LogP contribution < -0.4 is 10.6 Å². The molecule has 0 aliphatic heterocycles. The van der Waals surface area contributed by atoms with Crippen molar-refractivity contribution in [2.45, 2.75) is 20.3 Å². The highest BCUT2D eigenvalue weighted by molar-refractivity contribution is 5.93. The molecule has 0 heterocycles. The Morgan fingerprint density at radius 2 is 1.81 bits per heavy atom. The molecule has 21 heavy (non-hydrogen) atoms. The number of nitrogens with zero attached hydrogens (tertiary/aromatic N) is 1. The number of amides is 3. The Morgan fingerprint density at radius 1 is 1.19 bits per heavy atom. The molecule has 1 aromatic carbocycles. The van der Waals surface area contributed by atoms with Gasteiger partial charge in [-0.3, -0.25) is 9.59 Å². The summed E-state index contributed by atoms with van der Waals surface area (Å²) >= 11 is 0. The number of anilines is 2. The van der Waals surface area contributed by atoms with Crippen LogP contribution in [0.1, 0.15) is 20.3 Å². The molecule has 0 saturated carbocycles. The maximum absolute atomic E-state index is 12.0. The fraction of sp³-hybridized carbons (Fsp3) is 0.357. The highest BCUT2D eigenvalue weighted by atomic mass is 16.4. The number of nitrogens with one attached hydrogen (secondary N) is 2. The van der Waals surface area contributed by atoms with Crippen molar-refractivity contribution in [1.29, 1.82) is 0 Å². The summed E-state index contributed by atoms with van der Waals surface area (Å²) in [6, 6.07) is 6.15. The van der Waals surface area contributed by atoms with E-state index in [0.29, 0.717) is 24.3 Å². The van der Waals surface area contributed by atoms with Crippen molar-refractivity contribution < 1.29 is 19.5 Å². The van der Waals surface area contributed by atoms with E-state index in [2.05, 4.69) is 10.6 Å². The van der Waals surface area contributed by atoms with Crippen LogP contribution >= 0.6 is 0 Å². The van der Waals surface area contributed by atoms with Crippen LogP contribution in [0.4, 0.5) is 16.2 Å². The van der Waals surface area contributed by atoms with Gasteiger partial charge in [-0.05, 0) is 24.6 Å². The van der Waals surface area contributed by atoms with Gasteiger partial charge in [-0.2, -0.15) is 0 Å². The van der Waals surface area contributed by atoms with Crippen LogP contribution in [0.5, 0.6) is 0 Å². The lowest BCUT2D eigenvalue weighted by Crippen LogP contribution is -2.39. The quantitative estimate of drug-likeness (QED) is 0.746. The van der Waals surface area contributed by atoms with Crippen LogP contribution in [0.3, 0.4) is 0 Å². The third kappa shape index (κ3) is 5.94. The van der Waals surface area contributed by atoms with Crippen molar-refractivity contribution in [3.63, 3.8) is 0 Å². The number of aliphatic carboxylic acids is 1. The summed E-state index contributed by atoms with van der Waals surface area (Å²) in [5.74, 6) is -1.28. The molecule has 0 aromatic heterocycles. The first-order valence-corrected chi connectivity index (χ1v) is 6.57. The first-order chi connectivity index (χ1) is 9.92. The van der Waals surface area contributed by atoms with E-state index in [9.17, 15) is 14.4 Å². The van der Waals surface area contributed by atoms with Gasteiger partial charge in [-0.1, -0.05) is 13.0 Å². The van der Waals surface area contributed by atoms with Gasteiger partial charge in [-0.15, -0.1) is 0 Å². The molecule has 0 aliphatic carbocycles. The number of hydrogen-bond acceptors (Lipinski definition) is 3. The number of carbonyl (C=O) groups is 3. The van der Waals surface area contributed by atoms with Crippen LogP contribution in [0.2, 0.25) is 0 Å². The zero-order valence-corrected chi connectivity index (χ0v) is 12.0. The summed E-state index contributed by atoms with van der Waals surface area (Å²) in [5.41, 5.74) is 1.04. The number of benzene rings is 1. The van der Waals surface area contributed by atoms with Gasteiger partial charge in [-0.25, -0.2) is 4.79 Å². The Balaban J connectivity index is 2.75. The minimum atomic E-state index is -1.06. The normalized spacial score (nSPS) is 9.81. The van der Waals surface area contributed by atoms with Gasteiger partial charge in [0.2, 0.25) is 5.91 Å². The number of urea groups is 1. The molecule has 0 radical (unpaired) electrons. The lowest BCUT2D eigenvalue weighted by atomic mass is 10.2. The summed E-state index contributed by atoms with van der Waals surface area (Å²) in [6.45, 7) is 3.25. The molecular formula is C14H19N3O4. The average Bonchev–Trinajstić information content (AvgIpc) is 2.37. The zero-order valence-electron chi connectivity index (χ0n) is 12.0. The van der Waals surface area contributed by atoms with Crippen molar-refractivity contribution in [1.82, 2.24) is 4.90 Å². The molecule has 3 amide bonds. The first kappa shape index (κ1) is 16.5. The Hall–Kier alpha value is -2.57. The van der Waals surface area contributed by atoms with Crippen molar-refractivity contribution in [2.24, 2.45) is 0 Å². The maximum Gasteiger partial charge on any atom is 0.323 e. The molecule has 0 bridgehead atoms. The van der Waals surface area contributed by atoms with Crippen molar-refractivity contribution in [3.05, 3.63) is 24.3 Å². The van der Waals surface area contributed by atoms with E-state index in [1.54, 1.807) is 24.3 Å². The number of carboxylic acid groups (broad SMARTS) is 1. The predicted octanol–water partition coefficient (Wildman–Crippen LogP) is 1.97. The SMILES string of the molecule is CCCN(CC(=O)O)C(=O)Nc1cccc(NC(C)=O)c1. The number of hydrogen-bond donors (Lipinski definition) is 3. The minimum Gasteiger partial charge on any atom is -0.480 e. The number of rotatable bonds is 6. The second-order valence-corrected chi connectivity index (χ2v) is 4.51. The molecule has 1 rings (SSSR count). The Labute approximate surface area is 122 Å². The standard InChI is InChI=1S/C14H19N3O4/c1-3-7-17(9-13(19)20)14(21)16-12-6-4-5-11(8-12)15-10(2)18/h4-6,8H,3,7,9H2,1-2H3,(H,15,18)(H,16,21)(H,19,20). The van der Waals surface area contributed by atoms with Crippen molar-refractivity contribution >= 4 is 29.3 Å². The summed E-state index contributed by atoms with van der Waals surface area (Å²) < 4.78 is 0. The molecule has 0 aliphatic rings. The average molecular weight is 293 g/mol. The largest absolute Gasteiger partial charge is 0.480 e. The molecular weight excluding hydrogens is 274 g/mol. The summed E-state index contributed by atoms with van der Waals surface area (Å²) in [5, 5.41) is 14.0. The minimum absolute atomic E-state index is 0.211. The van der Waals surface area contributed by atoms with Crippen LogP contribution in [0.25, 0.3) is 0 Å². The second kappa shape index (κ2) is 7.88. The maximum atomic E-state index is 12.0. The predicted molar refractivity (Wildman–Crippen MR) is 79.3 cm³/mol. The molecule has 0 saturated heterocycles. The Kier molecular flexibility index (Phi) is 6.19. The molecule has 3 N–H and O–H groups in total. The van der Waals surface area contributed by atoms with Crippen LogP contribution in [-0.4, -0.2) is 41.0 Å². The lowest BCUT2D eigenvalue weighted by molar-refractivity contribution is -0.137.